The van der Waals surface area contributed by atoms with Crippen molar-refractivity contribution in [1.82, 2.24) is 10.2 Å². The second-order valence-corrected chi connectivity index (χ2v) is 6.80. The summed E-state index contributed by atoms with van der Waals surface area (Å²) in [6, 6.07) is -0.704. The number of nitrogens with zero attached hydrogens (tertiary/aromatic N) is 1. The van der Waals surface area contributed by atoms with Gasteiger partial charge in [-0.25, -0.2) is 4.79 Å². The molecule has 0 rings (SSSR count). The Morgan fingerprint density at radius 3 is 2.35 bits per heavy atom. The average Bonchev–Trinajstić information content (AvgIpc) is 2.53. The van der Waals surface area contributed by atoms with Crippen LogP contribution in [-0.2, 0) is 9.59 Å². The SMILES string of the molecule is CCCCCNCC(=O)N(CCCCC)[C@@H](CCSC)C(=O)O. The van der Waals surface area contributed by atoms with Crippen LogP contribution in [0.5, 0.6) is 0 Å². The van der Waals surface area contributed by atoms with Crippen molar-refractivity contribution < 1.29 is 14.7 Å². The summed E-state index contributed by atoms with van der Waals surface area (Å²) < 4.78 is 0. The molecule has 0 radical (unpaired) electrons. The van der Waals surface area contributed by atoms with E-state index in [1.54, 1.807) is 16.7 Å². The van der Waals surface area contributed by atoms with Gasteiger partial charge < -0.3 is 15.3 Å². The maximum Gasteiger partial charge on any atom is 0.326 e. The van der Waals surface area contributed by atoms with E-state index in [0.29, 0.717) is 13.0 Å². The summed E-state index contributed by atoms with van der Waals surface area (Å²) in [4.78, 5) is 25.6. The predicted molar refractivity (Wildman–Crippen MR) is 98.1 cm³/mol. The number of rotatable bonds is 15. The Labute approximate surface area is 145 Å². The summed E-state index contributed by atoms with van der Waals surface area (Å²) in [7, 11) is 0. The normalized spacial score (nSPS) is 12.1. The third-order valence-electron chi connectivity index (χ3n) is 3.81. The molecular weight excluding hydrogens is 312 g/mol. The first-order chi connectivity index (χ1) is 11.1. The van der Waals surface area contributed by atoms with Crippen LogP contribution in [0.3, 0.4) is 0 Å². The average molecular weight is 347 g/mol. The van der Waals surface area contributed by atoms with Gasteiger partial charge in [-0.3, -0.25) is 4.79 Å². The third kappa shape index (κ3) is 10.6. The molecule has 0 fully saturated rings. The molecule has 6 heteroatoms. The molecule has 1 amide bonds. The van der Waals surface area contributed by atoms with Crippen LogP contribution in [0, 0.1) is 0 Å². The number of aliphatic carboxylic acids is 1. The molecular formula is C17H34N2O3S. The van der Waals surface area contributed by atoms with E-state index in [1.807, 2.05) is 6.26 Å². The zero-order valence-corrected chi connectivity index (χ0v) is 15.8. The lowest BCUT2D eigenvalue weighted by Gasteiger charge is -2.29. The number of thioether (sulfide) groups is 1. The standard InChI is InChI=1S/C17H34N2O3S/c1-4-6-8-11-18-14-16(20)19(12-9-7-5-2)15(17(21)22)10-13-23-3/h15,18H,4-14H2,1-3H3,(H,21,22)/t15-/m0/s1. The monoisotopic (exact) mass is 346 g/mol. The minimum atomic E-state index is -0.894. The number of nitrogens with one attached hydrogen (secondary N) is 1. The fraction of sp³-hybridized carbons (Fsp3) is 0.882. The van der Waals surface area contributed by atoms with Gasteiger partial charge in [-0.05, 0) is 37.8 Å². The van der Waals surface area contributed by atoms with E-state index in [9.17, 15) is 14.7 Å². The molecule has 0 heterocycles. The van der Waals surface area contributed by atoms with Gasteiger partial charge in [0.25, 0.3) is 0 Å². The van der Waals surface area contributed by atoms with Crippen molar-refractivity contribution in [3.8, 4) is 0 Å². The van der Waals surface area contributed by atoms with E-state index in [0.717, 1.165) is 50.8 Å². The highest BCUT2D eigenvalue weighted by atomic mass is 32.2. The summed E-state index contributed by atoms with van der Waals surface area (Å²) in [6.45, 7) is 5.83. The molecule has 0 saturated carbocycles. The highest BCUT2D eigenvalue weighted by molar-refractivity contribution is 7.98. The molecule has 0 aliphatic rings. The van der Waals surface area contributed by atoms with Crippen LogP contribution in [0.15, 0.2) is 0 Å². The van der Waals surface area contributed by atoms with Gasteiger partial charge in [0.1, 0.15) is 6.04 Å². The van der Waals surface area contributed by atoms with Gasteiger partial charge in [0, 0.05) is 6.54 Å². The fourth-order valence-corrected chi connectivity index (χ4v) is 2.88. The molecule has 0 bridgehead atoms. The van der Waals surface area contributed by atoms with E-state index in [2.05, 4.69) is 19.2 Å². The Bertz CT molecular complexity index is 327. The first-order valence-electron chi connectivity index (χ1n) is 8.80. The summed E-state index contributed by atoms with van der Waals surface area (Å²) in [5.41, 5.74) is 0. The highest BCUT2D eigenvalue weighted by Crippen LogP contribution is 2.11. The summed E-state index contributed by atoms with van der Waals surface area (Å²) in [5.74, 6) is -0.237. The Kier molecular flexibility index (Phi) is 14.3. The van der Waals surface area contributed by atoms with Crippen molar-refractivity contribution in [2.24, 2.45) is 0 Å². The second-order valence-electron chi connectivity index (χ2n) is 5.81. The van der Waals surface area contributed by atoms with Gasteiger partial charge in [0.05, 0.1) is 6.54 Å². The lowest BCUT2D eigenvalue weighted by Crippen LogP contribution is -2.49. The van der Waals surface area contributed by atoms with Gasteiger partial charge in [-0.15, -0.1) is 0 Å². The predicted octanol–water partition coefficient (Wildman–Crippen LogP) is 2.99. The molecule has 0 aromatic heterocycles. The topological polar surface area (TPSA) is 69.6 Å². The molecule has 23 heavy (non-hydrogen) atoms. The minimum Gasteiger partial charge on any atom is -0.480 e. The molecule has 0 aliphatic carbocycles. The van der Waals surface area contributed by atoms with Crippen molar-refractivity contribution in [3.05, 3.63) is 0 Å². The molecule has 1 atom stereocenters. The lowest BCUT2D eigenvalue weighted by atomic mass is 10.1. The smallest absolute Gasteiger partial charge is 0.326 e. The van der Waals surface area contributed by atoms with Gasteiger partial charge in [-0.2, -0.15) is 11.8 Å². The molecule has 0 aliphatic heterocycles. The van der Waals surface area contributed by atoms with Gasteiger partial charge in [0.15, 0.2) is 0 Å². The van der Waals surface area contributed by atoms with Crippen LogP contribution in [-0.4, -0.2) is 59.6 Å². The van der Waals surface area contributed by atoms with Crippen molar-refractivity contribution in [3.63, 3.8) is 0 Å². The quantitative estimate of drug-likeness (QED) is 0.446. The molecule has 2 N–H and O–H groups in total. The summed E-state index contributed by atoms with van der Waals surface area (Å²) >= 11 is 1.61. The van der Waals surface area contributed by atoms with Crippen LogP contribution in [0.25, 0.3) is 0 Å². The van der Waals surface area contributed by atoms with Crippen molar-refractivity contribution in [2.45, 2.75) is 64.8 Å². The second kappa shape index (κ2) is 14.8. The lowest BCUT2D eigenvalue weighted by molar-refractivity contribution is -0.150. The molecule has 0 aromatic carbocycles. The number of amides is 1. The van der Waals surface area contributed by atoms with Crippen molar-refractivity contribution >= 4 is 23.6 Å². The van der Waals surface area contributed by atoms with Gasteiger partial charge in [-0.1, -0.05) is 39.5 Å². The third-order valence-corrected chi connectivity index (χ3v) is 4.46. The van der Waals surface area contributed by atoms with Gasteiger partial charge in [0.2, 0.25) is 5.91 Å². The largest absolute Gasteiger partial charge is 0.480 e. The Hall–Kier alpha value is -0.750. The molecule has 5 nitrogen and oxygen atoms in total. The maximum absolute atomic E-state index is 12.5. The van der Waals surface area contributed by atoms with Crippen LogP contribution < -0.4 is 5.32 Å². The maximum atomic E-state index is 12.5. The van der Waals surface area contributed by atoms with Crippen molar-refractivity contribution in [2.75, 3.05) is 31.6 Å². The number of hydrogen-bond donors (Lipinski definition) is 2. The van der Waals surface area contributed by atoms with Crippen LogP contribution in [0.1, 0.15) is 58.8 Å². The first kappa shape index (κ1) is 22.2. The Balaban J connectivity index is 4.60. The molecule has 0 spiro atoms. The first-order valence-corrected chi connectivity index (χ1v) is 10.2. The summed E-state index contributed by atoms with van der Waals surface area (Å²) in [6.07, 6.45) is 8.74. The van der Waals surface area contributed by atoms with E-state index in [1.165, 1.54) is 0 Å². The minimum absolute atomic E-state index is 0.0916. The van der Waals surface area contributed by atoms with E-state index < -0.39 is 12.0 Å². The van der Waals surface area contributed by atoms with Crippen LogP contribution in [0.4, 0.5) is 0 Å². The highest BCUT2D eigenvalue weighted by Gasteiger charge is 2.28. The number of unbranched alkanes of at least 4 members (excludes halogenated alkanes) is 4. The van der Waals surface area contributed by atoms with Gasteiger partial charge >= 0.3 is 5.97 Å². The number of carboxylic acid groups (broad SMARTS) is 1. The number of hydrogen-bond acceptors (Lipinski definition) is 4. The zero-order valence-electron chi connectivity index (χ0n) is 15.0. The van der Waals surface area contributed by atoms with E-state index in [4.69, 9.17) is 0 Å². The number of carbonyl (C=O) groups excluding carboxylic acids is 1. The zero-order chi connectivity index (χ0) is 17.5. The van der Waals surface area contributed by atoms with E-state index >= 15 is 0 Å². The van der Waals surface area contributed by atoms with Crippen molar-refractivity contribution in [1.29, 1.82) is 0 Å². The number of carbonyl (C=O) groups is 2. The number of carboxylic acids is 1. The molecule has 0 aromatic rings. The summed E-state index contributed by atoms with van der Waals surface area (Å²) in [5, 5.41) is 12.6. The fourth-order valence-electron chi connectivity index (χ4n) is 2.43. The van der Waals surface area contributed by atoms with E-state index in [-0.39, 0.29) is 12.5 Å². The van der Waals surface area contributed by atoms with Crippen LogP contribution in [0.2, 0.25) is 0 Å². The molecule has 0 saturated heterocycles. The molecule has 136 valence electrons. The molecule has 0 unspecified atom stereocenters. The Morgan fingerprint density at radius 1 is 1.13 bits per heavy atom. The van der Waals surface area contributed by atoms with Crippen LogP contribution >= 0.6 is 11.8 Å². The Morgan fingerprint density at radius 2 is 1.78 bits per heavy atom.